The molecule has 0 amide bonds. The molecule has 0 atom stereocenters. The van der Waals surface area contributed by atoms with Crippen molar-refractivity contribution < 1.29 is 4.74 Å². The molecule has 2 heterocycles. The second kappa shape index (κ2) is 5.45. The molecule has 0 fully saturated rings. The number of ether oxygens (including phenoxy) is 1. The van der Waals surface area contributed by atoms with Crippen LogP contribution in [0.4, 0.5) is 0 Å². The first kappa shape index (κ1) is 12.8. The molecule has 0 radical (unpaired) electrons. The van der Waals surface area contributed by atoms with Crippen LogP contribution in [0, 0.1) is 0 Å². The van der Waals surface area contributed by atoms with Gasteiger partial charge in [-0.3, -0.25) is 4.98 Å². The summed E-state index contributed by atoms with van der Waals surface area (Å²) in [5.74, 6) is 0.930. The van der Waals surface area contributed by atoms with Gasteiger partial charge >= 0.3 is 0 Å². The minimum absolute atomic E-state index is 0.340. The summed E-state index contributed by atoms with van der Waals surface area (Å²) in [5, 5.41) is 1.43. The van der Waals surface area contributed by atoms with E-state index in [4.69, 9.17) is 22.1 Å². The van der Waals surface area contributed by atoms with Crippen LogP contribution in [0.3, 0.4) is 0 Å². The van der Waals surface area contributed by atoms with Crippen molar-refractivity contribution in [3.63, 3.8) is 0 Å². The number of hydrogen-bond donors (Lipinski definition) is 1. The van der Waals surface area contributed by atoms with Crippen LogP contribution in [0.5, 0.6) is 11.6 Å². The molecule has 2 aromatic heterocycles. The van der Waals surface area contributed by atoms with Crippen molar-refractivity contribution in [3.05, 3.63) is 59.4 Å². The molecule has 5 heteroatoms. The molecule has 0 aliphatic carbocycles. The van der Waals surface area contributed by atoms with Crippen LogP contribution in [0.1, 0.15) is 5.56 Å². The predicted octanol–water partition coefficient (Wildman–Crippen LogP) is 3.53. The number of rotatable bonds is 3. The number of halogens is 1. The monoisotopic (exact) mass is 285 g/mol. The van der Waals surface area contributed by atoms with Gasteiger partial charge in [-0.05, 0) is 23.8 Å². The Hall–Kier alpha value is -2.17. The zero-order valence-corrected chi connectivity index (χ0v) is 11.3. The number of aromatic nitrogens is 2. The highest BCUT2D eigenvalue weighted by molar-refractivity contribution is 6.32. The number of fused-ring (bicyclic) bond motifs is 1. The largest absolute Gasteiger partial charge is 0.436 e. The Morgan fingerprint density at radius 3 is 2.85 bits per heavy atom. The molecule has 0 spiro atoms. The number of nitrogens with zero attached hydrogens (tertiary/aromatic N) is 2. The van der Waals surface area contributed by atoms with Gasteiger partial charge in [0.05, 0.1) is 11.7 Å². The summed E-state index contributed by atoms with van der Waals surface area (Å²) in [6, 6.07) is 11.5. The summed E-state index contributed by atoms with van der Waals surface area (Å²) >= 11 is 6.19. The highest BCUT2D eigenvalue weighted by Crippen LogP contribution is 2.30. The van der Waals surface area contributed by atoms with Crippen LogP contribution in [0.15, 0.2) is 48.8 Å². The van der Waals surface area contributed by atoms with Crippen LogP contribution in [0.25, 0.3) is 10.9 Å². The van der Waals surface area contributed by atoms with Crippen molar-refractivity contribution in [2.75, 3.05) is 0 Å². The molecule has 0 saturated carbocycles. The molecule has 4 nitrogen and oxygen atoms in total. The Bertz CT molecular complexity index is 761. The van der Waals surface area contributed by atoms with Gasteiger partial charge in [-0.25, -0.2) is 4.98 Å². The van der Waals surface area contributed by atoms with Gasteiger partial charge in [0, 0.05) is 18.1 Å². The maximum atomic E-state index is 6.19. The van der Waals surface area contributed by atoms with Crippen LogP contribution in [-0.2, 0) is 6.54 Å². The molecule has 0 unspecified atom stereocenters. The molecule has 2 N–H and O–H groups in total. The van der Waals surface area contributed by atoms with E-state index in [-0.39, 0.29) is 0 Å². The summed E-state index contributed by atoms with van der Waals surface area (Å²) in [5.41, 5.74) is 7.32. The molecule has 100 valence electrons. The third-order valence-electron chi connectivity index (χ3n) is 2.94. The molecule has 20 heavy (non-hydrogen) atoms. The second-order valence-corrected chi connectivity index (χ2v) is 4.64. The van der Waals surface area contributed by atoms with Gasteiger partial charge in [0.1, 0.15) is 10.8 Å². The minimum atomic E-state index is 0.340. The number of pyridine rings is 2. The van der Waals surface area contributed by atoms with Crippen molar-refractivity contribution in [3.8, 4) is 11.6 Å². The fourth-order valence-corrected chi connectivity index (χ4v) is 2.14. The van der Waals surface area contributed by atoms with E-state index in [1.165, 1.54) is 0 Å². The Labute approximate surface area is 121 Å². The number of hydrogen-bond acceptors (Lipinski definition) is 4. The second-order valence-electron chi connectivity index (χ2n) is 4.26. The highest BCUT2D eigenvalue weighted by atomic mass is 35.5. The number of nitrogens with two attached hydrogens (primary N) is 1. The average molecular weight is 286 g/mol. The first-order valence-electron chi connectivity index (χ1n) is 6.14. The lowest BCUT2D eigenvalue weighted by molar-refractivity contribution is 0.461. The fourth-order valence-electron chi connectivity index (χ4n) is 1.91. The van der Waals surface area contributed by atoms with Crippen LogP contribution < -0.4 is 10.5 Å². The SMILES string of the molecule is NCc1ccnc(Oc2cnc3ccccc3c2)c1Cl. The van der Waals surface area contributed by atoms with Crippen molar-refractivity contribution in [1.82, 2.24) is 9.97 Å². The number of para-hydroxylation sites is 1. The fraction of sp³-hybridized carbons (Fsp3) is 0.0667. The maximum absolute atomic E-state index is 6.19. The van der Waals surface area contributed by atoms with Crippen LogP contribution >= 0.6 is 11.6 Å². The summed E-state index contributed by atoms with van der Waals surface area (Å²) < 4.78 is 5.70. The van der Waals surface area contributed by atoms with E-state index in [9.17, 15) is 0 Å². The third kappa shape index (κ3) is 2.43. The Morgan fingerprint density at radius 1 is 1.15 bits per heavy atom. The molecule has 1 aromatic carbocycles. The number of benzene rings is 1. The topological polar surface area (TPSA) is 61.0 Å². The predicted molar refractivity (Wildman–Crippen MR) is 79.0 cm³/mol. The molecule has 3 rings (SSSR count). The van der Waals surface area contributed by atoms with Crippen molar-refractivity contribution in [2.45, 2.75) is 6.54 Å². The molecule has 0 aliphatic heterocycles. The van der Waals surface area contributed by atoms with Gasteiger partial charge in [0.25, 0.3) is 0 Å². The summed E-state index contributed by atoms with van der Waals surface area (Å²) in [6.45, 7) is 0.341. The van der Waals surface area contributed by atoms with E-state index < -0.39 is 0 Å². The smallest absolute Gasteiger partial charge is 0.238 e. The van der Waals surface area contributed by atoms with Crippen LogP contribution in [0.2, 0.25) is 5.02 Å². The molecular formula is C15H12ClN3O. The van der Waals surface area contributed by atoms with Gasteiger partial charge < -0.3 is 10.5 Å². The Balaban J connectivity index is 1.97. The van der Waals surface area contributed by atoms with Crippen LogP contribution in [-0.4, -0.2) is 9.97 Å². The standard InChI is InChI=1S/C15H12ClN3O/c16-14-11(8-17)5-6-18-15(14)20-12-7-10-3-1-2-4-13(10)19-9-12/h1-7,9H,8,17H2. The van der Waals surface area contributed by atoms with Gasteiger partial charge in [-0.1, -0.05) is 29.8 Å². The van der Waals surface area contributed by atoms with E-state index in [0.717, 1.165) is 16.5 Å². The first-order chi connectivity index (χ1) is 9.78. The summed E-state index contributed by atoms with van der Waals surface area (Å²) in [6.07, 6.45) is 3.27. The normalized spacial score (nSPS) is 10.7. The first-order valence-corrected chi connectivity index (χ1v) is 6.52. The molecule has 0 saturated heterocycles. The lowest BCUT2D eigenvalue weighted by atomic mass is 10.2. The Morgan fingerprint density at radius 2 is 2.00 bits per heavy atom. The van der Waals surface area contributed by atoms with E-state index in [1.807, 2.05) is 30.3 Å². The third-order valence-corrected chi connectivity index (χ3v) is 3.34. The van der Waals surface area contributed by atoms with Gasteiger partial charge in [-0.15, -0.1) is 0 Å². The van der Waals surface area contributed by atoms with Gasteiger partial charge in [-0.2, -0.15) is 0 Å². The van der Waals surface area contributed by atoms with E-state index in [1.54, 1.807) is 18.5 Å². The summed E-state index contributed by atoms with van der Waals surface area (Å²) in [4.78, 5) is 8.45. The molecule has 0 aliphatic rings. The lowest BCUT2D eigenvalue weighted by Crippen LogP contribution is -1.99. The minimum Gasteiger partial charge on any atom is -0.436 e. The van der Waals surface area contributed by atoms with E-state index >= 15 is 0 Å². The quantitative estimate of drug-likeness (QED) is 0.799. The van der Waals surface area contributed by atoms with Gasteiger partial charge in [0.15, 0.2) is 0 Å². The van der Waals surface area contributed by atoms with Crippen molar-refractivity contribution >= 4 is 22.5 Å². The summed E-state index contributed by atoms with van der Waals surface area (Å²) in [7, 11) is 0. The van der Waals surface area contributed by atoms with Gasteiger partial charge in [0.2, 0.25) is 5.88 Å². The van der Waals surface area contributed by atoms with E-state index in [0.29, 0.717) is 23.2 Å². The molecule has 3 aromatic rings. The highest BCUT2D eigenvalue weighted by Gasteiger charge is 2.09. The van der Waals surface area contributed by atoms with Crippen molar-refractivity contribution in [1.29, 1.82) is 0 Å². The molecular weight excluding hydrogens is 274 g/mol. The average Bonchev–Trinajstić information content (AvgIpc) is 2.49. The van der Waals surface area contributed by atoms with Crippen molar-refractivity contribution in [2.24, 2.45) is 5.73 Å². The zero-order valence-electron chi connectivity index (χ0n) is 10.6. The van der Waals surface area contributed by atoms with E-state index in [2.05, 4.69) is 9.97 Å². The maximum Gasteiger partial charge on any atom is 0.238 e. The lowest BCUT2D eigenvalue weighted by Gasteiger charge is -2.09. The Kier molecular flexibility index (Phi) is 3.50. The molecule has 0 bridgehead atoms. The zero-order chi connectivity index (χ0) is 13.9.